The molecule has 1 heterocycles. The number of hydrogen-bond acceptors (Lipinski definition) is 7. The number of hydrogen-bond donors (Lipinski definition) is 3. The molecule has 1 aromatic heterocycles. The van der Waals surface area contributed by atoms with E-state index >= 15 is 0 Å². The van der Waals surface area contributed by atoms with Crippen LogP contribution in [0.1, 0.15) is 24.9 Å². The zero-order chi connectivity index (χ0) is 17.9. The van der Waals surface area contributed by atoms with Crippen molar-refractivity contribution in [2.45, 2.75) is 11.4 Å². The van der Waals surface area contributed by atoms with Crippen molar-refractivity contribution in [3.8, 4) is 5.75 Å². The highest BCUT2D eigenvalue weighted by Crippen LogP contribution is 2.22. The number of aromatic carboxylic acids is 1. The molecule has 0 bridgehead atoms. The van der Waals surface area contributed by atoms with Gasteiger partial charge in [0.15, 0.2) is 0 Å². The van der Waals surface area contributed by atoms with Crippen LogP contribution < -0.4 is 4.72 Å². The molecule has 0 radical (unpaired) electrons. The van der Waals surface area contributed by atoms with Gasteiger partial charge in [-0.1, -0.05) is 0 Å². The molecule has 0 aliphatic rings. The predicted octanol–water partition coefficient (Wildman–Crippen LogP) is 1.42. The molecule has 10 heteroatoms. The number of thiophene rings is 1. The number of nitrogens with one attached hydrogen (secondary N) is 1. The number of aromatic hydroxyl groups is 1. The third kappa shape index (κ3) is 3.91. The van der Waals surface area contributed by atoms with Crippen molar-refractivity contribution in [2.24, 2.45) is 0 Å². The Morgan fingerprint density at radius 3 is 2.58 bits per heavy atom. The smallest absolute Gasteiger partial charge is 0.348 e. The van der Waals surface area contributed by atoms with E-state index in [-0.39, 0.29) is 11.4 Å². The molecule has 0 saturated heterocycles. The van der Waals surface area contributed by atoms with Gasteiger partial charge in [0.05, 0.1) is 12.0 Å². The quantitative estimate of drug-likeness (QED) is 0.655. The van der Waals surface area contributed by atoms with Gasteiger partial charge in [0.1, 0.15) is 16.2 Å². The summed E-state index contributed by atoms with van der Waals surface area (Å²) in [6.07, 6.45) is 0. The standard InChI is InChI=1S/C14H13NO7S2/c1-22-14(19)12-5-2-8(23-12)7-15-24(20,21)9-3-4-11(16)10(6-9)13(17)18/h2-6,15-16H,7H2,1H3,(H,17,18). The predicted molar refractivity (Wildman–Crippen MR) is 84.8 cm³/mol. The van der Waals surface area contributed by atoms with Crippen molar-refractivity contribution in [3.05, 3.63) is 45.6 Å². The Labute approximate surface area is 141 Å². The van der Waals surface area contributed by atoms with E-state index in [0.29, 0.717) is 9.75 Å². The van der Waals surface area contributed by atoms with Crippen molar-refractivity contribution < 1.29 is 33.0 Å². The van der Waals surface area contributed by atoms with E-state index in [1.807, 2.05) is 0 Å². The van der Waals surface area contributed by atoms with Crippen LogP contribution in [-0.4, -0.2) is 37.7 Å². The van der Waals surface area contributed by atoms with Crippen molar-refractivity contribution in [1.29, 1.82) is 0 Å². The summed E-state index contributed by atoms with van der Waals surface area (Å²) in [6, 6.07) is 6.06. The molecule has 0 atom stereocenters. The molecule has 8 nitrogen and oxygen atoms in total. The van der Waals surface area contributed by atoms with Crippen LogP contribution in [-0.2, 0) is 21.3 Å². The second-order valence-electron chi connectivity index (χ2n) is 4.57. The van der Waals surface area contributed by atoms with Crippen LogP contribution in [0.15, 0.2) is 35.2 Å². The topological polar surface area (TPSA) is 130 Å². The lowest BCUT2D eigenvalue weighted by atomic mass is 10.2. The van der Waals surface area contributed by atoms with Gasteiger partial charge in [-0.25, -0.2) is 22.7 Å². The third-order valence-electron chi connectivity index (χ3n) is 2.99. The monoisotopic (exact) mass is 371 g/mol. The van der Waals surface area contributed by atoms with Crippen molar-refractivity contribution in [3.63, 3.8) is 0 Å². The van der Waals surface area contributed by atoms with Crippen LogP contribution in [0.2, 0.25) is 0 Å². The van der Waals surface area contributed by atoms with Crippen LogP contribution >= 0.6 is 11.3 Å². The number of sulfonamides is 1. The Kier molecular flexibility index (Phi) is 5.22. The van der Waals surface area contributed by atoms with Crippen LogP contribution in [0.25, 0.3) is 0 Å². The van der Waals surface area contributed by atoms with Crippen LogP contribution in [0.3, 0.4) is 0 Å². The summed E-state index contributed by atoms with van der Waals surface area (Å²) < 4.78 is 31.3. The molecule has 0 unspecified atom stereocenters. The van der Waals surface area contributed by atoms with E-state index in [2.05, 4.69) is 9.46 Å². The maximum atomic E-state index is 12.2. The molecule has 2 aromatic rings. The highest BCUT2D eigenvalue weighted by atomic mass is 32.2. The largest absolute Gasteiger partial charge is 0.507 e. The maximum absolute atomic E-state index is 12.2. The fourth-order valence-electron chi connectivity index (χ4n) is 1.79. The van der Waals surface area contributed by atoms with Gasteiger partial charge in [-0.3, -0.25) is 0 Å². The van der Waals surface area contributed by atoms with Crippen LogP contribution in [0.5, 0.6) is 5.75 Å². The van der Waals surface area contributed by atoms with Gasteiger partial charge in [0.25, 0.3) is 0 Å². The van der Waals surface area contributed by atoms with Crippen LogP contribution in [0, 0.1) is 0 Å². The number of ether oxygens (including phenoxy) is 1. The summed E-state index contributed by atoms with van der Waals surface area (Å²) in [6.45, 7) is -0.0761. The lowest BCUT2D eigenvalue weighted by Gasteiger charge is -2.07. The first-order valence-electron chi connectivity index (χ1n) is 6.47. The van der Waals surface area contributed by atoms with Gasteiger partial charge in [-0.05, 0) is 30.3 Å². The molecule has 0 fully saturated rings. The van der Waals surface area contributed by atoms with Gasteiger partial charge < -0.3 is 14.9 Å². The average Bonchev–Trinajstić information content (AvgIpc) is 3.01. The normalized spacial score (nSPS) is 11.2. The minimum absolute atomic E-state index is 0.0761. The van der Waals surface area contributed by atoms with E-state index in [4.69, 9.17) is 5.11 Å². The van der Waals surface area contributed by atoms with Gasteiger partial charge in [0.2, 0.25) is 10.0 Å². The van der Waals surface area contributed by atoms with E-state index < -0.39 is 33.3 Å². The number of carboxylic acids is 1. The summed E-state index contributed by atoms with van der Waals surface area (Å²) >= 11 is 1.08. The molecule has 0 amide bonds. The second kappa shape index (κ2) is 6.99. The Bertz CT molecular complexity index is 886. The second-order valence-corrected chi connectivity index (χ2v) is 7.50. The first kappa shape index (κ1) is 17.9. The number of phenols is 1. The first-order chi connectivity index (χ1) is 11.2. The molecule has 2 rings (SSSR count). The van der Waals surface area contributed by atoms with E-state index in [1.165, 1.54) is 13.2 Å². The molecule has 0 saturated carbocycles. The highest BCUT2D eigenvalue weighted by molar-refractivity contribution is 7.89. The van der Waals surface area contributed by atoms with Crippen LogP contribution in [0.4, 0.5) is 0 Å². The fraction of sp³-hybridized carbons (Fsp3) is 0.143. The summed E-state index contributed by atoms with van der Waals surface area (Å²) in [7, 11) is -2.74. The van der Waals surface area contributed by atoms with Crippen molar-refractivity contribution in [2.75, 3.05) is 7.11 Å². The molecule has 1 aromatic carbocycles. The fourth-order valence-corrected chi connectivity index (χ4v) is 3.78. The zero-order valence-corrected chi connectivity index (χ0v) is 14.0. The highest BCUT2D eigenvalue weighted by Gasteiger charge is 2.19. The van der Waals surface area contributed by atoms with Gasteiger partial charge in [0, 0.05) is 11.4 Å². The lowest BCUT2D eigenvalue weighted by Crippen LogP contribution is -2.23. The molecule has 0 aliphatic heterocycles. The third-order valence-corrected chi connectivity index (χ3v) is 5.46. The molecular weight excluding hydrogens is 358 g/mol. The number of carbonyl (C=O) groups excluding carboxylic acids is 1. The summed E-state index contributed by atoms with van der Waals surface area (Å²) in [5.74, 6) is -2.48. The summed E-state index contributed by atoms with van der Waals surface area (Å²) in [5.41, 5.74) is -0.512. The number of benzene rings is 1. The Morgan fingerprint density at radius 1 is 1.25 bits per heavy atom. The minimum Gasteiger partial charge on any atom is -0.507 e. The number of carboxylic acid groups (broad SMARTS) is 1. The first-order valence-corrected chi connectivity index (χ1v) is 8.77. The minimum atomic E-state index is -3.98. The number of methoxy groups -OCH3 is 1. The average molecular weight is 371 g/mol. The summed E-state index contributed by atoms with van der Waals surface area (Å²) in [4.78, 5) is 22.9. The number of rotatable bonds is 6. The number of carbonyl (C=O) groups is 2. The van der Waals surface area contributed by atoms with Crippen molar-refractivity contribution >= 4 is 33.3 Å². The molecule has 3 N–H and O–H groups in total. The Hall–Kier alpha value is -2.43. The Morgan fingerprint density at radius 2 is 1.96 bits per heavy atom. The number of esters is 1. The lowest BCUT2D eigenvalue weighted by molar-refractivity contribution is 0.0605. The molecule has 24 heavy (non-hydrogen) atoms. The summed E-state index contributed by atoms with van der Waals surface area (Å²) in [5, 5.41) is 18.3. The molecule has 0 aliphatic carbocycles. The van der Waals surface area contributed by atoms with E-state index in [0.717, 1.165) is 29.5 Å². The zero-order valence-electron chi connectivity index (χ0n) is 12.3. The van der Waals surface area contributed by atoms with E-state index in [1.54, 1.807) is 6.07 Å². The van der Waals surface area contributed by atoms with Crippen molar-refractivity contribution in [1.82, 2.24) is 4.72 Å². The van der Waals surface area contributed by atoms with Gasteiger partial charge in [-0.2, -0.15) is 0 Å². The molecule has 128 valence electrons. The molecular formula is C14H13NO7S2. The van der Waals surface area contributed by atoms with Gasteiger partial charge in [-0.15, -0.1) is 11.3 Å². The SMILES string of the molecule is COC(=O)c1ccc(CNS(=O)(=O)c2ccc(O)c(C(=O)O)c2)s1. The van der Waals surface area contributed by atoms with E-state index in [9.17, 15) is 23.1 Å². The van der Waals surface area contributed by atoms with Gasteiger partial charge >= 0.3 is 11.9 Å². The Balaban J connectivity index is 2.17. The maximum Gasteiger partial charge on any atom is 0.348 e. The molecule has 0 spiro atoms.